The predicted molar refractivity (Wildman–Crippen MR) is 89.6 cm³/mol. The zero-order chi connectivity index (χ0) is 16.7. The Hall–Kier alpha value is -3.28. The van der Waals surface area contributed by atoms with Gasteiger partial charge in [0.1, 0.15) is 17.1 Å². The van der Waals surface area contributed by atoms with Crippen LogP contribution in [0.15, 0.2) is 53.1 Å². The van der Waals surface area contributed by atoms with E-state index in [9.17, 15) is 4.39 Å². The van der Waals surface area contributed by atoms with Crippen molar-refractivity contribution in [2.75, 3.05) is 5.73 Å². The molecule has 0 saturated heterocycles. The van der Waals surface area contributed by atoms with E-state index in [1.165, 1.54) is 0 Å². The minimum Gasteiger partial charge on any atom is -0.460 e. The highest BCUT2D eigenvalue weighted by Crippen LogP contribution is 2.32. The molecule has 4 rings (SSSR count). The van der Waals surface area contributed by atoms with Gasteiger partial charge >= 0.3 is 0 Å². The number of nitrogens with zero attached hydrogens (tertiary/aromatic N) is 3. The molecular formula is C18H13FN4O. The molecule has 5 nitrogen and oxygen atoms in total. The third-order valence-electron chi connectivity index (χ3n) is 3.73. The van der Waals surface area contributed by atoms with Crippen LogP contribution in [0.5, 0.6) is 0 Å². The minimum atomic E-state index is -0.802. The van der Waals surface area contributed by atoms with E-state index in [-0.39, 0.29) is 5.82 Å². The van der Waals surface area contributed by atoms with Crippen molar-refractivity contribution in [3.05, 3.63) is 60.4 Å². The molecule has 2 N–H and O–H groups in total. The van der Waals surface area contributed by atoms with Gasteiger partial charge in [-0.25, -0.2) is 9.97 Å². The maximum atomic E-state index is 13.9. The molecule has 24 heavy (non-hydrogen) atoms. The van der Waals surface area contributed by atoms with Crippen LogP contribution < -0.4 is 5.73 Å². The SMILES string of the molecule is Cc1ccc(-c2nc(N)c(F)nc2-c2ccc3ncccc3c2)o1. The van der Waals surface area contributed by atoms with Crippen LogP contribution in [-0.4, -0.2) is 15.0 Å². The molecule has 0 aliphatic heterocycles. The molecule has 0 bridgehead atoms. The Morgan fingerprint density at radius 1 is 1.04 bits per heavy atom. The molecule has 0 radical (unpaired) electrons. The first-order valence-corrected chi connectivity index (χ1v) is 7.37. The molecule has 118 valence electrons. The van der Waals surface area contributed by atoms with Crippen molar-refractivity contribution in [2.24, 2.45) is 0 Å². The maximum Gasteiger partial charge on any atom is 0.256 e. The second kappa shape index (κ2) is 5.42. The van der Waals surface area contributed by atoms with Gasteiger partial charge in [-0.05, 0) is 37.3 Å². The molecule has 3 heterocycles. The Labute approximate surface area is 137 Å². The molecule has 6 heteroatoms. The highest BCUT2D eigenvalue weighted by atomic mass is 19.1. The van der Waals surface area contributed by atoms with Crippen LogP contribution in [0.4, 0.5) is 10.2 Å². The molecule has 0 atom stereocenters. The average molecular weight is 320 g/mol. The summed E-state index contributed by atoms with van der Waals surface area (Å²) in [7, 11) is 0. The van der Waals surface area contributed by atoms with Crippen molar-refractivity contribution >= 4 is 16.7 Å². The molecule has 0 saturated carbocycles. The summed E-state index contributed by atoms with van der Waals surface area (Å²) in [5.74, 6) is 0.157. The molecule has 0 aliphatic carbocycles. The number of aryl methyl sites for hydroxylation is 1. The Balaban J connectivity index is 1.97. The summed E-state index contributed by atoms with van der Waals surface area (Å²) < 4.78 is 19.6. The zero-order valence-electron chi connectivity index (χ0n) is 12.8. The molecule has 3 aromatic heterocycles. The first-order chi connectivity index (χ1) is 11.6. The van der Waals surface area contributed by atoms with Crippen molar-refractivity contribution in [1.82, 2.24) is 15.0 Å². The van der Waals surface area contributed by atoms with Crippen molar-refractivity contribution in [1.29, 1.82) is 0 Å². The molecule has 1 aromatic carbocycles. The van der Waals surface area contributed by atoms with Gasteiger partial charge in [0.05, 0.1) is 5.52 Å². The van der Waals surface area contributed by atoms with Crippen LogP contribution in [0.3, 0.4) is 0 Å². The van der Waals surface area contributed by atoms with E-state index in [0.29, 0.717) is 22.7 Å². The van der Waals surface area contributed by atoms with E-state index in [4.69, 9.17) is 10.2 Å². The number of nitrogen functional groups attached to an aromatic ring is 1. The lowest BCUT2D eigenvalue weighted by atomic mass is 10.1. The first kappa shape index (κ1) is 14.3. The van der Waals surface area contributed by atoms with Crippen LogP contribution in [0.1, 0.15) is 5.76 Å². The maximum absolute atomic E-state index is 13.9. The number of rotatable bonds is 2. The smallest absolute Gasteiger partial charge is 0.256 e. The van der Waals surface area contributed by atoms with E-state index in [1.54, 1.807) is 12.3 Å². The summed E-state index contributed by atoms with van der Waals surface area (Å²) in [6.45, 7) is 1.82. The topological polar surface area (TPSA) is 77.8 Å². The fourth-order valence-corrected chi connectivity index (χ4v) is 2.59. The Bertz CT molecular complexity index is 1060. The van der Waals surface area contributed by atoms with Gasteiger partial charge in [-0.15, -0.1) is 0 Å². The molecule has 0 aliphatic rings. The van der Waals surface area contributed by atoms with Crippen molar-refractivity contribution in [2.45, 2.75) is 6.92 Å². The fraction of sp³-hybridized carbons (Fsp3) is 0.0556. The highest BCUT2D eigenvalue weighted by Gasteiger charge is 2.18. The van der Waals surface area contributed by atoms with Crippen LogP contribution in [0, 0.1) is 12.9 Å². The number of aromatic nitrogens is 3. The van der Waals surface area contributed by atoms with Crippen LogP contribution in [0.2, 0.25) is 0 Å². The normalized spacial score (nSPS) is 11.1. The van der Waals surface area contributed by atoms with Gasteiger partial charge in [-0.2, -0.15) is 4.39 Å². The molecular weight excluding hydrogens is 307 g/mol. The quantitative estimate of drug-likeness (QED) is 0.604. The summed E-state index contributed by atoms with van der Waals surface area (Å²) in [5.41, 5.74) is 7.95. The average Bonchev–Trinajstić information content (AvgIpc) is 3.03. The lowest BCUT2D eigenvalue weighted by Gasteiger charge is -2.09. The number of anilines is 1. The van der Waals surface area contributed by atoms with E-state index in [2.05, 4.69) is 15.0 Å². The lowest BCUT2D eigenvalue weighted by Crippen LogP contribution is -2.03. The number of pyridine rings is 1. The number of halogens is 1. The number of nitrogens with two attached hydrogens (primary N) is 1. The lowest BCUT2D eigenvalue weighted by molar-refractivity contribution is 0.544. The fourth-order valence-electron chi connectivity index (χ4n) is 2.59. The number of hydrogen-bond acceptors (Lipinski definition) is 5. The van der Waals surface area contributed by atoms with Gasteiger partial charge in [0.25, 0.3) is 5.95 Å². The second-order valence-corrected chi connectivity index (χ2v) is 5.42. The highest BCUT2D eigenvalue weighted by molar-refractivity contribution is 5.86. The van der Waals surface area contributed by atoms with Crippen LogP contribution in [-0.2, 0) is 0 Å². The molecule has 0 unspecified atom stereocenters. The van der Waals surface area contributed by atoms with Gasteiger partial charge in [0.2, 0.25) is 0 Å². The van der Waals surface area contributed by atoms with Crippen molar-refractivity contribution in [3.63, 3.8) is 0 Å². The second-order valence-electron chi connectivity index (χ2n) is 5.42. The summed E-state index contributed by atoms with van der Waals surface area (Å²) >= 11 is 0. The van der Waals surface area contributed by atoms with Crippen LogP contribution >= 0.6 is 0 Å². The van der Waals surface area contributed by atoms with Gasteiger partial charge in [0, 0.05) is 17.1 Å². The number of furan rings is 1. The summed E-state index contributed by atoms with van der Waals surface area (Å²) in [6, 6.07) is 12.9. The Morgan fingerprint density at radius 3 is 2.71 bits per heavy atom. The number of hydrogen-bond donors (Lipinski definition) is 1. The summed E-state index contributed by atoms with van der Waals surface area (Å²) in [6.07, 6.45) is 1.72. The van der Waals surface area contributed by atoms with Gasteiger partial charge in [-0.3, -0.25) is 4.98 Å². The number of benzene rings is 1. The van der Waals surface area contributed by atoms with Gasteiger partial charge in [0.15, 0.2) is 11.6 Å². The minimum absolute atomic E-state index is 0.259. The monoisotopic (exact) mass is 320 g/mol. The van der Waals surface area contributed by atoms with Crippen molar-refractivity contribution in [3.8, 4) is 22.7 Å². The van der Waals surface area contributed by atoms with Gasteiger partial charge in [-0.1, -0.05) is 12.1 Å². The van der Waals surface area contributed by atoms with E-state index in [1.807, 2.05) is 43.3 Å². The van der Waals surface area contributed by atoms with E-state index in [0.717, 1.165) is 16.7 Å². The largest absolute Gasteiger partial charge is 0.460 e. The Morgan fingerprint density at radius 2 is 1.92 bits per heavy atom. The van der Waals surface area contributed by atoms with Gasteiger partial charge < -0.3 is 10.2 Å². The number of fused-ring (bicyclic) bond motifs is 1. The molecule has 0 fully saturated rings. The summed E-state index contributed by atoms with van der Waals surface area (Å²) in [5, 5.41) is 0.926. The molecule has 0 spiro atoms. The van der Waals surface area contributed by atoms with E-state index < -0.39 is 5.95 Å². The first-order valence-electron chi connectivity index (χ1n) is 7.37. The summed E-state index contributed by atoms with van der Waals surface area (Å²) in [4.78, 5) is 12.4. The zero-order valence-corrected chi connectivity index (χ0v) is 12.8. The molecule has 4 aromatic rings. The van der Waals surface area contributed by atoms with Crippen LogP contribution in [0.25, 0.3) is 33.6 Å². The standard InChI is InChI=1S/C18H13FN4O/c1-10-4-7-14(24-10)16-15(22-17(19)18(20)23-16)12-5-6-13-11(9-12)3-2-8-21-13/h2-9H,1H3,(H2,20,23). The Kier molecular flexibility index (Phi) is 3.23. The van der Waals surface area contributed by atoms with E-state index >= 15 is 0 Å². The molecule has 0 amide bonds. The third-order valence-corrected chi connectivity index (χ3v) is 3.73. The van der Waals surface area contributed by atoms with Crippen molar-refractivity contribution < 1.29 is 8.81 Å². The predicted octanol–water partition coefficient (Wildman–Crippen LogP) is 3.98. The third kappa shape index (κ3) is 2.38.